The standard InChI is InChI=1S/C10H14N4S/c1-4-12-8-7-5-6(2)15-9(7)14-10(11-3)13-8/h5H,4H2,1-3H3,(H2,11,12,13,14). The molecule has 0 radical (unpaired) electrons. The van der Waals surface area contributed by atoms with Crippen molar-refractivity contribution in [3.8, 4) is 0 Å². The van der Waals surface area contributed by atoms with Crippen LogP contribution in [-0.2, 0) is 0 Å². The highest BCUT2D eigenvalue weighted by Gasteiger charge is 2.08. The Morgan fingerprint density at radius 1 is 1.40 bits per heavy atom. The van der Waals surface area contributed by atoms with E-state index in [4.69, 9.17) is 0 Å². The monoisotopic (exact) mass is 222 g/mol. The van der Waals surface area contributed by atoms with Crippen LogP contribution in [0.3, 0.4) is 0 Å². The third-order valence-electron chi connectivity index (χ3n) is 2.08. The summed E-state index contributed by atoms with van der Waals surface area (Å²) in [5, 5.41) is 7.34. The van der Waals surface area contributed by atoms with Gasteiger partial charge in [-0.15, -0.1) is 11.3 Å². The molecule has 0 spiro atoms. The molecule has 0 unspecified atom stereocenters. The molecule has 2 aromatic rings. The van der Waals surface area contributed by atoms with Crippen molar-refractivity contribution in [1.82, 2.24) is 9.97 Å². The average molecular weight is 222 g/mol. The lowest BCUT2D eigenvalue weighted by Gasteiger charge is -2.05. The number of aromatic nitrogens is 2. The highest BCUT2D eigenvalue weighted by Crippen LogP contribution is 2.29. The number of hydrogen-bond donors (Lipinski definition) is 2. The number of nitrogens with one attached hydrogen (secondary N) is 2. The van der Waals surface area contributed by atoms with Crippen LogP contribution in [0.4, 0.5) is 11.8 Å². The maximum absolute atomic E-state index is 4.41. The second-order valence-corrected chi connectivity index (χ2v) is 4.49. The van der Waals surface area contributed by atoms with Crippen molar-refractivity contribution in [3.05, 3.63) is 10.9 Å². The van der Waals surface area contributed by atoms with Crippen LogP contribution < -0.4 is 10.6 Å². The lowest BCUT2D eigenvalue weighted by Crippen LogP contribution is -2.03. The van der Waals surface area contributed by atoms with Crippen molar-refractivity contribution in [1.29, 1.82) is 0 Å². The summed E-state index contributed by atoms with van der Waals surface area (Å²) in [6, 6.07) is 2.12. The summed E-state index contributed by atoms with van der Waals surface area (Å²) >= 11 is 1.69. The third kappa shape index (κ3) is 1.87. The molecular weight excluding hydrogens is 208 g/mol. The van der Waals surface area contributed by atoms with E-state index in [1.54, 1.807) is 11.3 Å². The Labute approximate surface area is 92.8 Å². The number of hydrogen-bond acceptors (Lipinski definition) is 5. The van der Waals surface area contributed by atoms with Crippen molar-refractivity contribution >= 4 is 33.3 Å². The SMILES string of the molecule is CCNc1nc(NC)nc2sc(C)cc12. The van der Waals surface area contributed by atoms with Crippen LogP contribution >= 0.6 is 11.3 Å². The Hall–Kier alpha value is -1.36. The molecule has 15 heavy (non-hydrogen) atoms. The minimum atomic E-state index is 0.667. The van der Waals surface area contributed by atoms with E-state index in [1.807, 2.05) is 7.05 Å². The van der Waals surface area contributed by atoms with Gasteiger partial charge in [0.15, 0.2) is 0 Å². The zero-order valence-corrected chi connectivity index (χ0v) is 9.90. The molecular formula is C10H14N4S. The average Bonchev–Trinajstić information content (AvgIpc) is 2.58. The maximum atomic E-state index is 4.41. The van der Waals surface area contributed by atoms with Crippen LogP contribution in [0.5, 0.6) is 0 Å². The molecule has 0 saturated carbocycles. The summed E-state index contributed by atoms with van der Waals surface area (Å²) in [6.45, 7) is 5.01. The number of thiophene rings is 1. The molecule has 0 bridgehead atoms. The minimum Gasteiger partial charge on any atom is -0.370 e. The molecule has 2 aromatic heterocycles. The largest absolute Gasteiger partial charge is 0.370 e. The van der Waals surface area contributed by atoms with Crippen molar-refractivity contribution in [2.75, 3.05) is 24.2 Å². The lowest BCUT2D eigenvalue weighted by atomic mass is 10.3. The summed E-state index contributed by atoms with van der Waals surface area (Å²) < 4.78 is 0. The summed E-state index contributed by atoms with van der Waals surface area (Å²) in [5.41, 5.74) is 0. The van der Waals surface area contributed by atoms with E-state index >= 15 is 0 Å². The van der Waals surface area contributed by atoms with Crippen LogP contribution in [0.15, 0.2) is 6.07 Å². The van der Waals surface area contributed by atoms with Gasteiger partial charge in [0.05, 0.1) is 5.39 Å². The fourth-order valence-electron chi connectivity index (χ4n) is 1.46. The van der Waals surface area contributed by atoms with Crippen molar-refractivity contribution in [2.24, 2.45) is 0 Å². The van der Waals surface area contributed by atoms with Crippen molar-refractivity contribution in [3.63, 3.8) is 0 Å². The first-order valence-corrected chi connectivity index (χ1v) is 5.76. The van der Waals surface area contributed by atoms with Gasteiger partial charge in [0, 0.05) is 18.5 Å². The van der Waals surface area contributed by atoms with E-state index in [0.717, 1.165) is 22.6 Å². The van der Waals surface area contributed by atoms with Crippen LogP contribution in [-0.4, -0.2) is 23.6 Å². The van der Waals surface area contributed by atoms with Crippen LogP contribution in [0, 0.1) is 6.92 Å². The predicted octanol–water partition coefficient (Wildman–Crippen LogP) is 2.47. The summed E-state index contributed by atoms with van der Waals surface area (Å²) in [5.74, 6) is 1.58. The molecule has 0 saturated heterocycles. The number of rotatable bonds is 3. The highest BCUT2D eigenvalue weighted by atomic mass is 32.1. The number of nitrogens with zero attached hydrogens (tertiary/aromatic N) is 2. The summed E-state index contributed by atoms with van der Waals surface area (Å²) in [6.07, 6.45) is 0. The summed E-state index contributed by atoms with van der Waals surface area (Å²) in [4.78, 5) is 11.1. The molecule has 4 nitrogen and oxygen atoms in total. The van der Waals surface area contributed by atoms with Gasteiger partial charge in [-0.2, -0.15) is 4.98 Å². The molecule has 2 rings (SSSR count). The molecule has 0 aliphatic carbocycles. The normalized spacial score (nSPS) is 10.6. The van der Waals surface area contributed by atoms with Gasteiger partial charge >= 0.3 is 0 Å². The van der Waals surface area contributed by atoms with E-state index in [2.05, 4.69) is 40.5 Å². The quantitative estimate of drug-likeness (QED) is 0.837. The van der Waals surface area contributed by atoms with Gasteiger partial charge in [0.2, 0.25) is 5.95 Å². The Morgan fingerprint density at radius 2 is 2.20 bits per heavy atom. The second-order valence-electron chi connectivity index (χ2n) is 3.25. The van der Waals surface area contributed by atoms with Crippen LogP contribution in [0.25, 0.3) is 10.2 Å². The van der Waals surface area contributed by atoms with Gasteiger partial charge < -0.3 is 10.6 Å². The maximum Gasteiger partial charge on any atom is 0.225 e. The summed E-state index contributed by atoms with van der Waals surface area (Å²) in [7, 11) is 1.83. The van der Waals surface area contributed by atoms with E-state index < -0.39 is 0 Å². The van der Waals surface area contributed by atoms with Crippen molar-refractivity contribution < 1.29 is 0 Å². The molecule has 80 valence electrons. The van der Waals surface area contributed by atoms with Gasteiger partial charge in [-0.3, -0.25) is 0 Å². The Balaban J connectivity index is 2.62. The third-order valence-corrected chi connectivity index (χ3v) is 3.03. The number of anilines is 2. The van der Waals surface area contributed by atoms with Gasteiger partial charge in [0.1, 0.15) is 10.6 Å². The minimum absolute atomic E-state index is 0.667. The molecule has 0 aromatic carbocycles. The van der Waals surface area contributed by atoms with Crippen LogP contribution in [0.2, 0.25) is 0 Å². The van der Waals surface area contributed by atoms with Gasteiger partial charge in [-0.1, -0.05) is 0 Å². The van der Waals surface area contributed by atoms with Gasteiger partial charge in [-0.25, -0.2) is 4.98 Å². The second kappa shape index (κ2) is 4.02. The first-order valence-electron chi connectivity index (χ1n) is 4.94. The Kier molecular flexibility index (Phi) is 2.73. The van der Waals surface area contributed by atoms with Crippen molar-refractivity contribution in [2.45, 2.75) is 13.8 Å². The molecule has 0 atom stereocenters. The predicted molar refractivity (Wildman–Crippen MR) is 65.9 cm³/mol. The first kappa shape index (κ1) is 10.2. The Morgan fingerprint density at radius 3 is 2.87 bits per heavy atom. The zero-order chi connectivity index (χ0) is 10.8. The topological polar surface area (TPSA) is 49.8 Å². The number of fused-ring (bicyclic) bond motifs is 1. The fourth-order valence-corrected chi connectivity index (χ4v) is 2.34. The molecule has 0 aliphatic heterocycles. The molecule has 0 fully saturated rings. The smallest absolute Gasteiger partial charge is 0.225 e. The Bertz CT molecular complexity index is 477. The molecule has 0 amide bonds. The first-order chi connectivity index (χ1) is 7.24. The zero-order valence-electron chi connectivity index (χ0n) is 9.09. The molecule has 5 heteroatoms. The fraction of sp³-hybridized carbons (Fsp3) is 0.400. The van der Waals surface area contributed by atoms with E-state index in [9.17, 15) is 0 Å². The lowest BCUT2D eigenvalue weighted by molar-refractivity contribution is 1.14. The van der Waals surface area contributed by atoms with Gasteiger partial charge in [-0.05, 0) is 19.9 Å². The molecule has 2 heterocycles. The molecule has 2 N–H and O–H groups in total. The van der Waals surface area contributed by atoms with E-state index in [-0.39, 0.29) is 0 Å². The van der Waals surface area contributed by atoms with Gasteiger partial charge in [0.25, 0.3) is 0 Å². The highest BCUT2D eigenvalue weighted by molar-refractivity contribution is 7.18. The van der Waals surface area contributed by atoms with Crippen LogP contribution in [0.1, 0.15) is 11.8 Å². The van der Waals surface area contributed by atoms with E-state index in [1.165, 1.54) is 4.88 Å². The van der Waals surface area contributed by atoms with E-state index in [0.29, 0.717) is 5.95 Å². The number of aryl methyl sites for hydroxylation is 1. The molecule has 0 aliphatic rings.